The first-order valence-electron chi connectivity index (χ1n) is 9.93. The van der Waals surface area contributed by atoms with Gasteiger partial charge in [0.15, 0.2) is 5.43 Å². The minimum Gasteiger partial charge on any atom is -0.368 e. The lowest BCUT2D eigenvalue weighted by atomic mass is 10.1. The third-order valence-electron chi connectivity index (χ3n) is 5.83. The molecule has 3 aromatic rings. The van der Waals surface area contributed by atoms with E-state index in [1.54, 1.807) is 11.3 Å². The molecule has 1 atom stereocenters. The number of benzene rings is 2. The van der Waals surface area contributed by atoms with Crippen LogP contribution in [0.15, 0.2) is 47.3 Å². The number of hydrogen-bond donors (Lipinski definition) is 0. The summed E-state index contributed by atoms with van der Waals surface area (Å²) in [5.41, 5.74) is 1.18. The van der Waals surface area contributed by atoms with E-state index in [1.807, 2.05) is 30.3 Å². The molecule has 0 radical (unpaired) electrons. The average molecular weight is 385 g/mol. The predicted octanol–water partition coefficient (Wildman–Crippen LogP) is 5.20. The molecule has 4 heteroatoms. The van der Waals surface area contributed by atoms with Gasteiger partial charge in [-0.25, -0.2) is 0 Å². The Kier molecular flexibility index (Phi) is 6.30. The van der Waals surface area contributed by atoms with Gasteiger partial charge in [-0.1, -0.05) is 18.2 Å². The normalized spacial score (nSPS) is 13.3. The van der Waals surface area contributed by atoms with E-state index in [2.05, 4.69) is 39.8 Å². The zero-order valence-electron chi connectivity index (χ0n) is 16.8. The van der Waals surface area contributed by atoms with Gasteiger partial charge in [0.2, 0.25) is 0 Å². The smallest absolute Gasteiger partial charge is 0.195 e. The second-order valence-electron chi connectivity index (χ2n) is 7.35. The molecule has 3 rings (SSSR count). The van der Waals surface area contributed by atoms with Crippen LogP contribution in [0.25, 0.3) is 20.2 Å². The Hall–Kier alpha value is -1.75. The van der Waals surface area contributed by atoms with Crippen LogP contribution in [0, 0.1) is 0 Å². The molecule has 0 aliphatic heterocycles. The highest BCUT2D eigenvalue weighted by Crippen LogP contribution is 2.25. The number of likely N-dealkylation sites (N-methyl/N-ethyl adjacent to an activating group) is 1. The average Bonchev–Trinajstić information content (AvgIpc) is 2.71. The lowest BCUT2D eigenvalue weighted by molar-refractivity contribution is -0.926. The van der Waals surface area contributed by atoms with E-state index in [-0.39, 0.29) is 11.5 Å². The molecule has 3 nitrogen and oxygen atoms in total. The second-order valence-corrected chi connectivity index (χ2v) is 8.44. The highest BCUT2D eigenvalue weighted by atomic mass is 32.1. The maximum Gasteiger partial charge on any atom is 0.195 e. The van der Waals surface area contributed by atoms with Gasteiger partial charge in [-0.2, -0.15) is 0 Å². The number of rotatable bonds is 8. The minimum atomic E-state index is 0.118. The third-order valence-corrected chi connectivity index (χ3v) is 6.98. The zero-order valence-corrected chi connectivity index (χ0v) is 17.6. The van der Waals surface area contributed by atoms with Crippen molar-refractivity contribution in [3.63, 3.8) is 0 Å². The summed E-state index contributed by atoms with van der Waals surface area (Å²) in [5.74, 6) is 0. The van der Waals surface area contributed by atoms with Crippen molar-refractivity contribution in [2.45, 2.75) is 40.4 Å². The van der Waals surface area contributed by atoms with Gasteiger partial charge in [-0.05, 0) is 57.5 Å². The fourth-order valence-corrected chi connectivity index (χ4v) is 4.89. The van der Waals surface area contributed by atoms with Crippen LogP contribution >= 0.6 is 11.3 Å². The van der Waals surface area contributed by atoms with Crippen molar-refractivity contribution >= 4 is 31.5 Å². The Balaban J connectivity index is 1.79. The van der Waals surface area contributed by atoms with Crippen LogP contribution in [0.5, 0.6) is 0 Å². The summed E-state index contributed by atoms with van der Waals surface area (Å²) in [6.45, 7) is 13.9. The SMILES string of the molecule is CC[N+](CC)(CC)CC(C)OCc1ccc2sc3ccccc3c(=O)c2c1. The Morgan fingerprint density at radius 1 is 0.963 bits per heavy atom. The lowest BCUT2D eigenvalue weighted by Gasteiger charge is -2.37. The van der Waals surface area contributed by atoms with Crippen LogP contribution in [0.3, 0.4) is 0 Å². The van der Waals surface area contributed by atoms with Crippen molar-refractivity contribution in [2.75, 3.05) is 26.2 Å². The first kappa shape index (κ1) is 20.0. The van der Waals surface area contributed by atoms with Gasteiger partial charge < -0.3 is 9.22 Å². The Morgan fingerprint density at radius 3 is 2.33 bits per heavy atom. The minimum absolute atomic E-state index is 0.118. The van der Waals surface area contributed by atoms with E-state index in [0.717, 1.165) is 56.4 Å². The monoisotopic (exact) mass is 384 g/mol. The number of fused-ring (bicyclic) bond motifs is 2. The molecule has 0 aliphatic rings. The molecular weight excluding hydrogens is 354 g/mol. The molecule has 144 valence electrons. The maximum absolute atomic E-state index is 12.8. The van der Waals surface area contributed by atoms with Crippen LogP contribution in [-0.2, 0) is 11.3 Å². The van der Waals surface area contributed by atoms with Gasteiger partial charge >= 0.3 is 0 Å². The maximum atomic E-state index is 12.8. The van der Waals surface area contributed by atoms with E-state index in [9.17, 15) is 4.79 Å². The fraction of sp³-hybridized carbons (Fsp3) is 0.435. The van der Waals surface area contributed by atoms with E-state index >= 15 is 0 Å². The molecule has 1 aromatic heterocycles. The Bertz CT molecular complexity index is 967. The lowest BCUT2D eigenvalue weighted by Crippen LogP contribution is -2.51. The van der Waals surface area contributed by atoms with Crippen molar-refractivity contribution in [2.24, 2.45) is 0 Å². The summed E-state index contributed by atoms with van der Waals surface area (Å²) in [7, 11) is 0. The van der Waals surface area contributed by atoms with Gasteiger partial charge in [0.1, 0.15) is 12.6 Å². The van der Waals surface area contributed by atoms with Gasteiger partial charge in [-0.15, -0.1) is 11.3 Å². The Labute approximate surface area is 165 Å². The molecule has 0 amide bonds. The van der Waals surface area contributed by atoms with Crippen molar-refractivity contribution in [1.82, 2.24) is 0 Å². The quantitative estimate of drug-likeness (QED) is 0.394. The number of quaternary nitrogens is 1. The summed E-state index contributed by atoms with van der Waals surface area (Å²) in [4.78, 5) is 12.8. The largest absolute Gasteiger partial charge is 0.368 e. The molecule has 0 saturated carbocycles. The van der Waals surface area contributed by atoms with E-state index < -0.39 is 0 Å². The van der Waals surface area contributed by atoms with Crippen LogP contribution in [0.1, 0.15) is 33.3 Å². The van der Waals surface area contributed by atoms with Crippen LogP contribution in [0.2, 0.25) is 0 Å². The molecule has 0 N–H and O–H groups in total. The molecule has 0 spiro atoms. The molecule has 1 unspecified atom stereocenters. The molecular formula is C23H30NO2S+. The van der Waals surface area contributed by atoms with Crippen molar-refractivity contribution in [1.29, 1.82) is 0 Å². The summed E-state index contributed by atoms with van der Waals surface area (Å²) in [6.07, 6.45) is 0.187. The highest BCUT2D eigenvalue weighted by molar-refractivity contribution is 7.24. The molecule has 0 aliphatic carbocycles. The van der Waals surface area contributed by atoms with E-state index in [0.29, 0.717) is 6.61 Å². The van der Waals surface area contributed by atoms with Gasteiger partial charge in [0, 0.05) is 20.2 Å². The van der Waals surface area contributed by atoms with Crippen molar-refractivity contribution < 1.29 is 9.22 Å². The first-order valence-corrected chi connectivity index (χ1v) is 10.7. The van der Waals surface area contributed by atoms with Crippen LogP contribution in [-0.4, -0.2) is 36.8 Å². The van der Waals surface area contributed by atoms with Crippen molar-refractivity contribution in [3.8, 4) is 0 Å². The van der Waals surface area contributed by atoms with Gasteiger partial charge in [0.05, 0.1) is 26.2 Å². The summed E-state index contributed by atoms with van der Waals surface area (Å²) in [5, 5.41) is 1.60. The van der Waals surface area contributed by atoms with Gasteiger partial charge in [-0.3, -0.25) is 4.79 Å². The first-order chi connectivity index (χ1) is 13.0. The molecule has 0 saturated heterocycles. The second kappa shape index (κ2) is 8.51. The highest BCUT2D eigenvalue weighted by Gasteiger charge is 2.24. The summed E-state index contributed by atoms with van der Waals surface area (Å²) >= 11 is 1.67. The molecule has 0 fully saturated rings. The fourth-order valence-electron chi connectivity index (χ4n) is 3.83. The topological polar surface area (TPSA) is 26.3 Å². The third kappa shape index (κ3) is 4.23. The van der Waals surface area contributed by atoms with E-state index in [1.165, 1.54) is 0 Å². The standard InChI is InChI=1S/C23H30NO2S/c1-5-24(6-2,7-3)15-17(4)26-16-18-12-13-22-20(14-18)23(25)19-10-8-9-11-21(19)27-22/h8-14,17H,5-7,15-16H2,1-4H3/q+1. The van der Waals surface area contributed by atoms with Crippen LogP contribution < -0.4 is 5.43 Å². The van der Waals surface area contributed by atoms with E-state index in [4.69, 9.17) is 4.74 Å². The molecule has 27 heavy (non-hydrogen) atoms. The zero-order chi connectivity index (χ0) is 19.4. The summed E-state index contributed by atoms with van der Waals surface area (Å²) < 4.78 is 9.31. The summed E-state index contributed by atoms with van der Waals surface area (Å²) in [6, 6.07) is 14.0. The molecule has 2 aromatic carbocycles. The predicted molar refractivity (Wildman–Crippen MR) is 117 cm³/mol. The number of ether oxygens (including phenoxy) is 1. The molecule has 0 bridgehead atoms. The van der Waals surface area contributed by atoms with Gasteiger partial charge in [0.25, 0.3) is 0 Å². The number of nitrogens with zero attached hydrogens (tertiary/aromatic N) is 1. The molecule has 1 heterocycles. The van der Waals surface area contributed by atoms with Crippen LogP contribution in [0.4, 0.5) is 0 Å². The van der Waals surface area contributed by atoms with Crippen molar-refractivity contribution in [3.05, 3.63) is 58.3 Å². The Morgan fingerprint density at radius 2 is 1.63 bits per heavy atom. The number of hydrogen-bond acceptors (Lipinski definition) is 3.